The van der Waals surface area contributed by atoms with Crippen LogP contribution in [-0.4, -0.2) is 11.8 Å². The Labute approximate surface area is 106 Å². The van der Waals surface area contributed by atoms with Crippen LogP contribution >= 0.6 is 0 Å². The number of carbonyl (C=O) groups is 2. The summed E-state index contributed by atoms with van der Waals surface area (Å²) in [7, 11) is 0. The lowest BCUT2D eigenvalue weighted by atomic mass is 9.98. The summed E-state index contributed by atoms with van der Waals surface area (Å²) in [6.45, 7) is 4.00. The molecule has 0 aliphatic carbocycles. The predicted octanol–water partition coefficient (Wildman–Crippen LogP) is 2.68. The van der Waals surface area contributed by atoms with Gasteiger partial charge in [0.05, 0.1) is 6.42 Å². The third-order valence-electron chi connectivity index (χ3n) is 2.84. The fourth-order valence-corrected chi connectivity index (χ4v) is 2.17. The fraction of sp³-hybridized carbons (Fsp3) is 0.200. The summed E-state index contributed by atoms with van der Waals surface area (Å²) < 4.78 is 0. The zero-order valence-corrected chi connectivity index (χ0v) is 10.5. The van der Waals surface area contributed by atoms with Crippen LogP contribution in [0.2, 0.25) is 0 Å². The van der Waals surface area contributed by atoms with Gasteiger partial charge in [-0.15, -0.1) is 0 Å². The second-order valence-electron chi connectivity index (χ2n) is 3.87. The molecule has 3 nitrogen and oxygen atoms in total. The van der Waals surface area contributed by atoms with Crippen molar-refractivity contribution < 1.29 is 9.59 Å². The minimum absolute atomic E-state index is 0.242. The molecule has 2 amide bonds. The van der Waals surface area contributed by atoms with Crippen LogP contribution in [0, 0.1) is 0 Å². The van der Waals surface area contributed by atoms with Crippen molar-refractivity contribution in [3.63, 3.8) is 0 Å². The first-order valence-electron chi connectivity index (χ1n) is 6.10. The van der Waals surface area contributed by atoms with Crippen LogP contribution in [0.25, 0.3) is 10.8 Å². The van der Waals surface area contributed by atoms with E-state index in [9.17, 15) is 9.59 Å². The van der Waals surface area contributed by atoms with Gasteiger partial charge in [0.15, 0.2) is 0 Å². The molecular formula is C15H15NO2. The van der Waals surface area contributed by atoms with Crippen LogP contribution in [-0.2, 0) is 11.2 Å². The van der Waals surface area contributed by atoms with E-state index >= 15 is 0 Å². The molecular weight excluding hydrogens is 226 g/mol. The molecule has 0 spiro atoms. The Morgan fingerprint density at radius 2 is 1.67 bits per heavy atom. The van der Waals surface area contributed by atoms with Gasteiger partial charge in [-0.1, -0.05) is 44.2 Å². The summed E-state index contributed by atoms with van der Waals surface area (Å²) in [6.07, 6.45) is 0.264. The SMILES string of the molecule is CC.O=C1Cc2cccc3cccc(c23)C(=O)N1. The molecule has 18 heavy (non-hydrogen) atoms. The lowest BCUT2D eigenvalue weighted by Crippen LogP contribution is -2.29. The van der Waals surface area contributed by atoms with Gasteiger partial charge in [-0.3, -0.25) is 14.9 Å². The van der Waals surface area contributed by atoms with Crippen LogP contribution in [0.1, 0.15) is 29.8 Å². The van der Waals surface area contributed by atoms with Crippen molar-refractivity contribution in [3.05, 3.63) is 47.5 Å². The molecule has 0 saturated carbocycles. The van der Waals surface area contributed by atoms with Gasteiger partial charge in [-0.25, -0.2) is 0 Å². The molecule has 0 saturated heterocycles. The lowest BCUT2D eigenvalue weighted by Gasteiger charge is -2.04. The molecule has 0 unspecified atom stereocenters. The summed E-state index contributed by atoms with van der Waals surface area (Å²) >= 11 is 0. The molecule has 0 aromatic heterocycles. The Hall–Kier alpha value is -2.16. The maximum Gasteiger partial charge on any atom is 0.258 e. The first kappa shape index (κ1) is 12.3. The molecule has 1 N–H and O–H groups in total. The Kier molecular flexibility index (Phi) is 3.42. The molecule has 3 rings (SSSR count). The average molecular weight is 241 g/mol. The van der Waals surface area contributed by atoms with E-state index in [4.69, 9.17) is 0 Å². The molecule has 0 bridgehead atoms. The summed E-state index contributed by atoms with van der Waals surface area (Å²) in [5, 5.41) is 4.27. The molecule has 1 heterocycles. The van der Waals surface area contributed by atoms with E-state index in [-0.39, 0.29) is 18.2 Å². The molecule has 3 heteroatoms. The molecule has 0 fully saturated rings. The molecule has 0 atom stereocenters. The van der Waals surface area contributed by atoms with Gasteiger partial charge in [0.1, 0.15) is 0 Å². The summed E-state index contributed by atoms with van der Waals surface area (Å²) in [5.41, 5.74) is 1.50. The van der Waals surface area contributed by atoms with Gasteiger partial charge >= 0.3 is 0 Å². The van der Waals surface area contributed by atoms with E-state index < -0.39 is 0 Å². The molecule has 92 valence electrons. The standard InChI is InChI=1S/C13H9NO2.C2H6/c15-11-7-9-5-1-3-8-4-2-6-10(12(8)9)13(16)14-11;1-2/h1-6H,7H2,(H,14,15,16);1-2H3. The first-order chi connectivity index (χ1) is 8.75. The maximum absolute atomic E-state index is 11.8. The number of rotatable bonds is 0. The van der Waals surface area contributed by atoms with Gasteiger partial charge in [0, 0.05) is 5.56 Å². The van der Waals surface area contributed by atoms with Crippen molar-refractivity contribution in [2.45, 2.75) is 20.3 Å². The Balaban J connectivity index is 0.000000574. The van der Waals surface area contributed by atoms with E-state index in [2.05, 4.69) is 5.32 Å². The van der Waals surface area contributed by atoms with E-state index in [1.165, 1.54) is 0 Å². The van der Waals surface area contributed by atoms with Crippen LogP contribution < -0.4 is 5.32 Å². The molecule has 1 aliphatic heterocycles. The van der Waals surface area contributed by atoms with Crippen LogP contribution in [0.15, 0.2) is 36.4 Å². The van der Waals surface area contributed by atoms with Crippen LogP contribution in [0.3, 0.4) is 0 Å². The van der Waals surface area contributed by atoms with Crippen molar-refractivity contribution in [1.29, 1.82) is 0 Å². The number of amides is 2. The third kappa shape index (κ3) is 1.99. The van der Waals surface area contributed by atoms with Gasteiger partial charge in [-0.2, -0.15) is 0 Å². The quantitative estimate of drug-likeness (QED) is 0.721. The highest BCUT2D eigenvalue weighted by Gasteiger charge is 2.20. The van der Waals surface area contributed by atoms with Crippen molar-refractivity contribution in [3.8, 4) is 0 Å². The highest BCUT2D eigenvalue weighted by Crippen LogP contribution is 2.25. The molecule has 2 aromatic rings. The number of imide groups is 1. The first-order valence-corrected chi connectivity index (χ1v) is 6.10. The van der Waals surface area contributed by atoms with Gasteiger partial charge in [0.2, 0.25) is 5.91 Å². The minimum atomic E-state index is -0.305. The molecule has 0 radical (unpaired) electrons. The number of hydrogen-bond donors (Lipinski definition) is 1. The third-order valence-corrected chi connectivity index (χ3v) is 2.84. The van der Waals surface area contributed by atoms with E-state index in [0.29, 0.717) is 5.56 Å². The summed E-state index contributed by atoms with van der Waals surface area (Å²) in [6, 6.07) is 11.3. The number of hydrogen-bond acceptors (Lipinski definition) is 2. The Morgan fingerprint density at radius 1 is 1.00 bits per heavy atom. The van der Waals surface area contributed by atoms with Crippen molar-refractivity contribution in [2.24, 2.45) is 0 Å². The van der Waals surface area contributed by atoms with Crippen LogP contribution in [0.5, 0.6) is 0 Å². The number of nitrogens with one attached hydrogen (secondary N) is 1. The number of carbonyl (C=O) groups excluding carboxylic acids is 2. The van der Waals surface area contributed by atoms with E-state index in [1.807, 2.05) is 44.2 Å². The fourth-order valence-electron chi connectivity index (χ4n) is 2.17. The number of benzene rings is 2. The Bertz CT molecular complexity index is 612. The normalized spacial score (nSPS) is 13.4. The van der Waals surface area contributed by atoms with Crippen LogP contribution in [0.4, 0.5) is 0 Å². The van der Waals surface area contributed by atoms with Crippen molar-refractivity contribution >= 4 is 22.6 Å². The highest BCUT2D eigenvalue weighted by atomic mass is 16.2. The minimum Gasteiger partial charge on any atom is -0.292 e. The molecule has 1 aliphatic rings. The second-order valence-corrected chi connectivity index (χ2v) is 3.87. The maximum atomic E-state index is 11.8. The zero-order valence-electron chi connectivity index (χ0n) is 10.5. The smallest absolute Gasteiger partial charge is 0.258 e. The largest absolute Gasteiger partial charge is 0.292 e. The average Bonchev–Trinajstić information content (AvgIpc) is 2.51. The highest BCUT2D eigenvalue weighted by molar-refractivity contribution is 6.16. The van der Waals surface area contributed by atoms with Gasteiger partial charge in [-0.05, 0) is 22.4 Å². The molecule has 2 aromatic carbocycles. The lowest BCUT2D eigenvalue weighted by molar-refractivity contribution is -0.119. The monoisotopic (exact) mass is 241 g/mol. The topological polar surface area (TPSA) is 46.2 Å². The van der Waals surface area contributed by atoms with Crippen molar-refractivity contribution in [1.82, 2.24) is 5.32 Å². The summed E-state index contributed by atoms with van der Waals surface area (Å²) in [4.78, 5) is 23.2. The van der Waals surface area contributed by atoms with Gasteiger partial charge < -0.3 is 0 Å². The van der Waals surface area contributed by atoms with E-state index in [1.54, 1.807) is 6.07 Å². The van der Waals surface area contributed by atoms with Crippen molar-refractivity contribution in [2.75, 3.05) is 0 Å². The summed E-state index contributed by atoms with van der Waals surface area (Å²) in [5.74, 6) is -0.547. The van der Waals surface area contributed by atoms with Gasteiger partial charge in [0.25, 0.3) is 5.91 Å². The Morgan fingerprint density at radius 3 is 2.39 bits per heavy atom. The second kappa shape index (κ2) is 5.00. The predicted molar refractivity (Wildman–Crippen MR) is 71.5 cm³/mol. The zero-order chi connectivity index (χ0) is 13.1. The van der Waals surface area contributed by atoms with E-state index in [0.717, 1.165) is 16.3 Å².